The molecule has 0 spiro atoms. The number of nitrogens with two attached hydrogens (primary N) is 1. The van der Waals surface area contributed by atoms with Crippen molar-refractivity contribution in [3.05, 3.63) is 23.8 Å². The summed E-state index contributed by atoms with van der Waals surface area (Å²) < 4.78 is 10.7. The first-order valence-electron chi connectivity index (χ1n) is 5.55. The zero-order valence-electron chi connectivity index (χ0n) is 9.69. The maximum Gasteiger partial charge on any atom is 0.231 e. The van der Waals surface area contributed by atoms with Crippen molar-refractivity contribution in [1.29, 1.82) is 0 Å². The lowest BCUT2D eigenvalue weighted by Gasteiger charge is -2.17. The molecule has 0 saturated carbocycles. The van der Waals surface area contributed by atoms with Crippen molar-refractivity contribution < 1.29 is 9.47 Å². The van der Waals surface area contributed by atoms with Crippen LogP contribution in [0, 0.1) is 0 Å². The normalized spacial score (nSPS) is 17.2. The molecule has 0 fully saturated rings. The summed E-state index contributed by atoms with van der Waals surface area (Å²) in [6.45, 7) is 5.13. The molecule has 0 amide bonds. The summed E-state index contributed by atoms with van der Waals surface area (Å²) >= 11 is 0. The Morgan fingerprint density at radius 3 is 2.94 bits per heavy atom. The molecule has 2 unspecified atom stereocenters. The van der Waals surface area contributed by atoms with Gasteiger partial charge in [-0.2, -0.15) is 0 Å². The van der Waals surface area contributed by atoms with E-state index in [1.54, 1.807) is 0 Å². The standard InChI is InChI=1S/C12H18N2O2/c1-8(13)9(2)14-6-10-4-3-5-11-12(10)16-7-15-11/h3-5,8-9,14H,6-7,13H2,1-2H3. The third kappa shape index (κ3) is 2.28. The fourth-order valence-corrected chi connectivity index (χ4v) is 1.59. The topological polar surface area (TPSA) is 56.5 Å². The summed E-state index contributed by atoms with van der Waals surface area (Å²) in [5, 5.41) is 3.37. The van der Waals surface area contributed by atoms with Gasteiger partial charge >= 0.3 is 0 Å². The lowest BCUT2D eigenvalue weighted by molar-refractivity contribution is 0.173. The number of ether oxygens (including phenoxy) is 2. The Labute approximate surface area is 95.7 Å². The van der Waals surface area contributed by atoms with Gasteiger partial charge in [-0.1, -0.05) is 12.1 Å². The molecule has 0 aromatic heterocycles. The summed E-state index contributed by atoms with van der Waals surface area (Å²) in [5.74, 6) is 1.68. The molecule has 88 valence electrons. The van der Waals surface area contributed by atoms with Crippen LogP contribution in [0.25, 0.3) is 0 Å². The summed E-state index contributed by atoms with van der Waals surface area (Å²) in [6.07, 6.45) is 0. The van der Waals surface area contributed by atoms with Crippen LogP contribution in [-0.4, -0.2) is 18.9 Å². The van der Waals surface area contributed by atoms with E-state index in [0.29, 0.717) is 6.79 Å². The first kappa shape index (κ1) is 11.2. The minimum absolute atomic E-state index is 0.133. The highest BCUT2D eigenvalue weighted by Crippen LogP contribution is 2.35. The predicted molar refractivity (Wildman–Crippen MR) is 62.5 cm³/mol. The van der Waals surface area contributed by atoms with Crippen molar-refractivity contribution in [2.24, 2.45) is 5.73 Å². The Morgan fingerprint density at radius 1 is 1.38 bits per heavy atom. The van der Waals surface area contributed by atoms with Gasteiger partial charge in [0.1, 0.15) is 0 Å². The van der Waals surface area contributed by atoms with Gasteiger partial charge in [-0.15, -0.1) is 0 Å². The molecule has 4 heteroatoms. The van der Waals surface area contributed by atoms with E-state index in [0.717, 1.165) is 23.6 Å². The minimum Gasteiger partial charge on any atom is -0.454 e. The SMILES string of the molecule is CC(N)C(C)NCc1cccc2c1OCO2. The number of benzene rings is 1. The zero-order valence-corrected chi connectivity index (χ0v) is 9.69. The van der Waals surface area contributed by atoms with E-state index in [2.05, 4.69) is 12.2 Å². The Hall–Kier alpha value is -1.26. The third-order valence-corrected chi connectivity index (χ3v) is 2.88. The molecule has 2 rings (SSSR count). The summed E-state index contributed by atoms with van der Waals surface area (Å²) in [6, 6.07) is 6.34. The molecule has 16 heavy (non-hydrogen) atoms. The average Bonchev–Trinajstić information content (AvgIpc) is 2.73. The molecule has 0 saturated heterocycles. The van der Waals surface area contributed by atoms with Crippen LogP contribution in [0.1, 0.15) is 19.4 Å². The maximum absolute atomic E-state index is 5.79. The van der Waals surface area contributed by atoms with Crippen LogP contribution < -0.4 is 20.5 Å². The highest BCUT2D eigenvalue weighted by molar-refractivity contribution is 5.48. The van der Waals surface area contributed by atoms with Crippen LogP contribution in [0.3, 0.4) is 0 Å². The van der Waals surface area contributed by atoms with Gasteiger partial charge in [-0.25, -0.2) is 0 Å². The number of fused-ring (bicyclic) bond motifs is 1. The highest BCUT2D eigenvalue weighted by Gasteiger charge is 2.17. The fourth-order valence-electron chi connectivity index (χ4n) is 1.59. The van der Waals surface area contributed by atoms with Gasteiger partial charge in [0.05, 0.1) is 0 Å². The van der Waals surface area contributed by atoms with E-state index >= 15 is 0 Å². The van der Waals surface area contributed by atoms with Gasteiger partial charge in [-0.05, 0) is 19.9 Å². The van der Waals surface area contributed by atoms with Gasteiger partial charge in [0.15, 0.2) is 11.5 Å². The van der Waals surface area contributed by atoms with E-state index in [-0.39, 0.29) is 12.1 Å². The molecule has 0 aliphatic carbocycles. The van der Waals surface area contributed by atoms with Gasteiger partial charge in [0.2, 0.25) is 6.79 Å². The number of hydrogen-bond acceptors (Lipinski definition) is 4. The number of nitrogens with one attached hydrogen (secondary N) is 1. The molecule has 1 aromatic carbocycles. The molecule has 0 bridgehead atoms. The molecule has 0 radical (unpaired) electrons. The molecular formula is C12H18N2O2. The number of rotatable bonds is 4. The van der Waals surface area contributed by atoms with E-state index in [4.69, 9.17) is 15.2 Å². The van der Waals surface area contributed by atoms with Gasteiger partial charge in [0, 0.05) is 24.2 Å². The molecule has 1 aliphatic rings. The fraction of sp³-hybridized carbons (Fsp3) is 0.500. The van der Waals surface area contributed by atoms with Crippen molar-refractivity contribution in [1.82, 2.24) is 5.32 Å². The summed E-state index contributed by atoms with van der Waals surface area (Å²) in [4.78, 5) is 0. The van der Waals surface area contributed by atoms with E-state index in [1.165, 1.54) is 0 Å². The quantitative estimate of drug-likeness (QED) is 0.804. The molecule has 1 heterocycles. The van der Waals surface area contributed by atoms with Crippen molar-refractivity contribution >= 4 is 0 Å². The van der Waals surface area contributed by atoms with Crippen molar-refractivity contribution in [2.45, 2.75) is 32.5 Å². The van der Waals surface area contributed by atoms with Crippen LogP contribution in [0.15, 0.2) is 18.2 Å². The highest BCUT2D eigenvalue weighted by atomic mass is 16.7. The Bertz CT molecular complexity index is 366. The van der Waals surface area contributed by atoms with Crippen LogP contribution >= 0.6 is 0 Å². The second-order valence-corrected chi connectivity index (χ2v) is 4.18. The van der Waals surface area contributed by atoms with Crippen LogP contribution in [0.2, 0.25) is 0 Å². The van der Waals surface area contributed by atoms with Gasteiger partial charge in [-0.3, -0.25) is 0 Å². The smallest absolute Gasteiger partial charge is 0.231 e. The van der Waals surface area contributed by atoms with Crippen molar-refractivity contribution in [3.8, 4) is 11.5 Å². The molecule has 3 N–H and O–H groups in total. The van der Waals surface area contributed by atoms with Crippen LogP contribution in [-0.2, 0) is 6.54 Å². The molecule has 2 atom stereocenters. The Kier molecular flexibility index (Phi) is 3.31. The Balaban J connectivity index is 2.03. The second kappa shape index (κ2) is 4.72. The van der Waals surface area contributed by atoms with Crippen molar-refractivity contribution in [2.75, 3.05) is 6.79 Å². The average molecular weight is 222 g/mol. The molecule has 4 nitrogen and oxygen atoms in total. The number of hydrogen-bond donors (Lipinski definition) is 2. The Morgan fingerprint density at radius 2 is 2.19 bits per heavy atom. The monoisotopic (exact) mass is 222 g/mol. The van der Waals surface area contributed by atoms with Crippen LogP contribution in [0.5, 0.6) is 11.5 Å². The summed E-state index contributed by atoms with van der Waals surface area (Å²) in [5.41, 5.74) is 6.91. The number of para-hydroxylation sites is 1. The minimum atomic E-state index is 0.133. The van der Waals surface area contributed by atoms with E-state index in [1.807, 2.05) is 25.1 Å². The molecule has 1 aromatic rings. The maximum atomic E-state index is 5.79. The first-order chi connectivity index (χ1) is 7.68. The van der Waals surface area contributed by atoms with E-state index < -0.39 is 0 Å². The lowest BCUT2D eigenvalue weighted by Crippen LogP contribution is -2.40. The van der Waals surface area contributed by atoms with Gasteiger partial charge in [0.25, 0.3) is 0 Å². The van der Waals surface area contributed by atoms with Crippen LogP contribution in [0.4, 0.5) is 0 Å². The third-order valence-electron chi connectivity index (χ3n) is 2.88. The molecular weight excluding hydrogens is 204 g/mol. The predicted octanol–water partition coefficient (Wildman–Crippen LogP) is 1.24. The second-order valence-electron chi connectivity index (χ2n) is 4.18. The van der Waals surface area contributed by atoms with E-state index in [9.17, 15) is 0 Å². The first-order valence-corrected chi connectivity index (χ1v) is 5.55. The lowest BCUT2D eigenvalue weighted by atomic mass is 10.1. The zero-order chi connectivity index (χ0) is 11.5. The molecule has 1 aliphatic heterocycles. The summed E-state index contributed by atoms with van der Waals surface area (Å²) in [7, 11) is 0. The largest absolute Gasteiger partial charge is 0.454 e. The van der Waals surface area contributed by atoms with Crippen molar-refractivity contribution in [3.63, 3.8) is 0 Å². The van der Waals surface area contributed by atoms with Gasteiger partial charge < -0.3 is 20.5 Å².